The van der Waals surface area contributed by atoms with E-state index in [1.54, 1.807) is 13.8 Å². The number of carboxylic acids is 1. The Morgan fingerprint density at radius 2 is 2.00 bits per heavy atom. The van der Waals surface area contributed by atoms with Crippen LogP contribution < -0.4 is 0 Å². The topological polar surface area (TPSA) is 57.5 Å². The lowest BCUT2D eigenvalue weighted by Crippen LogP contribution is -2.24. The number of carboxylic acid groups (broad SMARTS) is 1. The Hall–Kier alpha value is -1.09. The average Bonchev–Trinajstić information content (AvgIpc) is 1.85. The van der Waals surface area contributed by atoms with Gasteiger partial charge in [-0.25, -0.2) is 0 Å². The molecule has 12 heavy (non-hydrogen) atoms. The van der Waals surface area contributed by atoms with Gasteiger partial charge in [0.1, 0.15) is 5.92 Å². The minimum Gasteiger partial charge on any atom is -0.481 e. The summed E-state index contributed by atoms with van der Waals surface area (Å²) in [5.41, 5.74) is 0.885. The van der Waals surface area contributed by atoms with Crippen LogP contribution in [0.2, 0.25) is 0 Å². The summed E-state index contributed by atoms with van der Waals surface area (Å²) < 4.78 is 0. The Morgan fingerprint density at radius 1 is 1.50 bits per heavy atom. The first-order valence-electron chi connectivity index (χ1n) is 3.67. The van der Waals surface area contributed by atoms with Gasteiger partial charge in [-0.2, -0.15) is 0 Å². The minimum absolute atomic E-state index is 0.885. The van der Waals surface area contributed by atoms with Gasteiger partial charge in [-0.05, 0) is 13.8 Å². The summed E-state index contributed by atoms with van der Waals surface area (Å²) in [6.45, 7) is 6.93. The molecule has 0 aliphatic rings. The van der Waals surface area contributed by atoms with Crippen LogP contribution in [0.15, 0.2) is 24.3 Å². The van der Waals surface area contributed by atoms with E-state index in [1.165, 1.54) is 12.2 Å². The summed E-state index contributed by atoms with van der Waals surface area (Å²) in [7, 11) is 0. The summed E-state index contributed by atoms with van der Waals surface area (Å²) in [4.78, 5) is 10.5. The van der Waals surface area contributed by atoms with Crippen molar-refractivity contribution < 1.29 is 15.0 Å². The number of aliphatic carboxylic acids is 1. The zero-order valence-corrected chi connectivity index (χ0v) is 7.32. The Labute approximate surface area is 72.0 Å². The summed E-state index contributed by atoms with van der Waals surface area (Å²) >= 11 is 0. The molecule has 3 nitrogen and oxygen atoms in total. The van der Waals surface area contributed by atoms with Gasteiger partial charge in [-0.15, -0.1) is 6.58 Å². The zero-order valence-electron chi connectivity index (χ0n) is 7.32. The molecule has 3 heteroatoms. The number of allylic oxidation sites excluding steroid dienone is 1. The maximum absolute atomic E-state index is 10.5. The molecule has 0 aromatic rings. The van der Waals surface area contributed by atoms with Crippen molar-refractivity contribution in [2.45, 2.75) is 20.0 Å². The Balaban J connectivity index is 4.42. The Kier molecular flexibility index (Phi) is 4.29. The molecule has 0 aliphatic heterocycles. The molecular formula is C9H14O3. The van der Waals surface area contributed by atoms with E-state index in [4.69, 9.17) is 5.11 Å². The molecule has 2 N–H and O–H groups in total. The molecule has 0 saturated heterocycles. The van der Waals surface area contributed by atoms with Crippen molar-refractivity contribution in [1.29, 1.82) is 0 Å². The first-order valence-corrected chi connectivity index (χ1v) is 3.67. The predicted octanol–water partition coefficient (Wildman–Crippen LogP) is 1.20. The quantitative estimate of drug-likeness (QED) is 0.623. The van der Waals surface area contributed by atoms with Gasteiger partial charge in [0.25, 0.3) is 0 Å². The standard InChI is InChI=1S/C9H14O3/c1-4-7(9(11)12)8(10)5-6(2)3/h4-5,7-8,10H,1H2,2-3H3,(H,11,12)/t7-,8+/m1/s1. The Morgan fingerprint density at radius 3 is 2.25 bits per heavy atom. The van der Waals surface area contributed by atoms with Crippen molar-refractivity contribution in [3.8, 4) is 0 Å². The van der Waals surface area contributed by atoms with Crippen LogP contribution in [-0.4, -0.2) is 22.3 Å². The van der Waals surface area contributed by atoms with E-state index in [2.05, 4.69) is 6.58 Å². The second-order valence-electron chi connectivity index (χ2n) is 2.83. The number of aliphatic hydroxyl groups is 1. The fourth-order valence-corrected chi connectivity index (χ4v) is 0.832. The van der Waals surface area contributed by atoms with Gasteiger partial charge in [0.15, 0.2) is 0 Å². The molecule has 0 saturated carbocycles. The molecule has 0 aromatic heterocycles. The van der Waals surface area contributed by atoms with Crippen LogP contribution in [0.1, 0.15) is 13.8 Å². The van der Waals surface area contributed by atoms with Crippen LogP contribution in [-0.2, 0) is 4.79 Å². The van der Waals surface area contributed by atoms with Crippen LogP contribution in [0.4, 0.5) is 0 Å². The molecule has 0 aliphatic carbocycles. The van der Waals surface area contributed by atoms with E-state index in [1.807, 2.05) is 0 Å². The maximum Gasteiger partial charge on any atom is 0.313 e. The first-order chi connectivity index (χ1) is 5.49. The van der Waals surface area contributed by atoms with Crippen molar-refractivity contribution in [3.63, 3.8) is 0 Å². The summed E-state index contributed by atoms with van der Waals surface area (Å²) in [6, 6.07) is 0. The number of aliphatic hydroxyl groups excluding tert-OH is 1. The molecule has 0 radical (unpaired) electrons. The molecule has 0 rings (SSSR count). The molecule has 0 heterocycles. The first kappa shape index (κ1) is 10.9. The largest absolute Gasteiger partial charge is 0.481 e. The molecule has 0 amide bonds. The fourth-order valence-electron chi connectivity index (χ4n) is 0.832. The van der Waals surface area contributed by atoms with E-state index in [0.29, 0.717) is 0 Å². The normalized spacial score (nSPS) is 14.6. The third-order valence-corrected chi connectivity index (χ3v) is 1.41. The van der Waals surface area contributed by atoms with Gasteiger partial charge in [0.2, 0.25) is 0 Å². The van der Waals surface area contributed by atoms with E-state index in [9.17, 15) is 9.90 Å². The number of rotatable bonds is 4. The minimum atomic E-state index is -1.06. The maximum atomic E-state index is 10.5. The lowest BCUT2D eigenvalue weighted by atomic mass is 10.0. The smallest absolute Gasteiger partial charge is 0.313 e. The fraction of sp³-hybridized carbons (Fsp3) is 0.444. The van der Waals surface area contributed by atoms with E-state index in [0.717, 1.165) is 5.57 Å². The highest BCUT2D eigenvalue weighted by Gasteiger charge is 2.20. The van der Waals surface area contributed by atoms with Crippen molar-refractivity contribution in [2.24, 2.45) is 5.92 Å². The average molecular weight is 170 g/mol. The number of carbonyl (C=O) groups is 1. The molecule has 68 valence electrons. The molecule has 0 aromatic carbocycles. The van der Waals surface area contributed by atoms with Crippen LogP contribution >= 0.6 is 0 Å². The van der Waals surface area contributed by atoms with E-state index in [-0.39, 0.29) is 0 Å². The number of hydrogen-bond acceptors (Lipinski definition) is 2. The summed E-state index contributed by atoms with van der Waals surface area (Å²) in [6.07, 6.45) is 1.75. The van der Waals surface area contributed by atoms with Crippen molar-refractivity contribution in [1.82, 2.24) is 0 Å². The summed E-state index contributed by atoms with van der Waals surface area (Å²) in [5, 5.41) is 17.9. The third-order valence-electron chi connectivity index (χ3n) is 1.41. The van der Waals surface area contributed by atoms with Crippen molar-refractivity contribution in [3.05, 3.63) is 24.3 Å². The molecule has 0 fully saturated rings. The van der Waals surface area contributed by atoms with Gasteiger partial charge < -0.3 is 10.2 Å². The second kappa shape index (κ2) is 4.72. The van der Waals surface area contributed by atoms with Gasteiger partial charge in [0.05, 0.1) is 6.10 Å². The van der Waals surface area contributed by atoms with E-state index >= 15 is 0 Å². The lowest BCUT2D eigenvalue weighted by Gasteiger charge is -2.11. The van der Waals surface area contributed by atoms with Crippen LogP contribution in [0.3, 0.4) is 0 Å². The highest BCUT2D eigenvalue weighted by atomic mass is 16.4. The molecule has 0 spiro atoms. The molecule has 0 unspecified atom stereocenters. The van der Waals surface area contributed by atoms with Crippen LogP contribution in [0.5, 0.6) is 0 Å². The van der Waals surface area contributed by atoms with Crippen molar-refractivity contribution in [2.75, 3.05) is 0 Å². The van der Waals surface area contributed by atoms with Crippen LogP contribution in [0.25, 0.3) is 0 Å². The van der Waals surface area contributed by atoms with Gasteiger partial charge in [-0.1, -0.05) is 17.7 Å². The SMILES string of the molecule is C=C[C@@H](C(=O)O)[C@@H](O)C=C(C)C. The third kappa shape index (κ3) is 3.34. The molecule has 0 bridgehead atoms. The van der Waals surface area contributed by atoms with Gasteiger partial charge in [-0.3, -0.25) is 4.79 Å². The molecular weight excluding hydrogens is 156 g/mol. The monoisotopic (exact) mass is 170 g/mol. The lowest BCUT2D eigenvalue weighted by molar-refractivity contribution is -0.142. The second-order valence-corrected chi connectivity index (χ2v) is 2.83. The van der Waals surface area contributed by atoms with Gasteiger partial charge >= 0.3 is 5.97 Å². The summed E-state index contributed by atoms with van der Waals surface area (Å²) in [5.74, 6) is -1.98. The van der Waals surface area contributed by atoms with Gasteiger partial charge in [0, 0.05) is 0 Å². The zero-order chi connectivity index (χ0) is 9.72. The Bertz CT molecular complexity index is 202. The predicted molar refractivity (Wildman–Crippen MR) is 46.8 cm³/mol. The number of hydrogen-bond donors (Lipinski definition) is 2. The van der Waals surface area contributed by atoms with Crippen LogP contribution in [0, 0.1) is 5.92 Å². The molecule has 2 atom stereocenters. The highest BCUT2D eigenvalue weighted by Crippen LogP contribution is 2.08. The van der Waals surface area contributed by atoms with E-state index < -0.39 is 18.0 Å². The van der Waals surface area contributed by atoms with Crippen molar-refractivity contribution >= 4 is 5.97 Å². The highest BCUT2D eigenvalue weighted by molar-refractivity contribution is 5.73.